The molecule has 22 heavy (non-hydrogen) atoms. The van der Waals surface area contributed by atoms with Crippen molar-refractivity contribution in [2.75, 3.05) is 0 Å². The highest BCUT2D eigenvalue weighted by Crippen LogP contribution is 2.23. The highest BCUT2D eigenvalue weighted by Gasteiger charge is 2.19. The van der Waals surface area contributed by atoms with E-state index in [1.807, 2.05) is 0 Å². The summed E-state index contributed by atoms with van der Waals surface area (Å²) in [4.78, 5) is 11.3. The molecule has 4 heteroatoms. The number of carboxylic acids is 1. The molecule has 1 heterocycles. The zero-order chi connectivity index (χ0) is 15.9. The number of benzene rings is 1. The van der Waals surface area contributed by atoms with Gasteiger partial charge in [-0.1, -0.05) is 38.3 Å². The van der Waals surface area contributed by atoms with Crippen molar-refractivity contribution < 1.29 is 18.7 Å². The van der Waals surface area contributed by atoms with Crippen molar-refractivity contribution in [2.24, 2.45) is 0 Å². The molecule has 0 aliphatic carbocycles. The second-order valence-corrected chi connectivity index (χ2v) is 5.49. The van der Waals surface area contributed by atoms with Gasteiger partial charge in [0.25, 0.3) is 0 Å². The van der Waals surface area contributed by atoms with Crippen LogP contribution < -0.4 is 0 Å². The van der Waals surface area contributed by atoms with E-state index >= 15 is 0 Å². The maximum absolute atomic E-state index is 13.0. The van der Waals surface area contributed by atoms with E-state index in [9.17, 15) is 14.3 Å². The number of unbranched alkanes of at least 4 members (excludes halogenated alkanes) is 3. The predicted octanol–water partition coefficient (Wildman–Crippen LogP) is 4.83. The Morgan fingerprint density at radius 1 is 1.18 bits per heavy atom. The number of aryl methyl sites for hydroxylation is 1. The number of rotatable bonds is 8. The number of hydrogen-bond acceptors (Lipinski definition) is 2. The largest absolute Gasteiger partial charge is 0.475 e. The highest BCUT2D eigenvalue weighted by atomic mass is 19.1. The smallest absolute Gasteiger partial charge is 0.372 e. The minimum absolute atomic E-state index is 0.00480. The van der Waals surface area contributed by atoms with Gasteiger partial charge < -0.3 is 9.52 Å². The van der Waals surface area contributed by atoms with Gasteiger partial charge in [0.15, 0.2) is 0 Å². The number of aromatic carboxylic acids is 1. The minimum Gasteiger partial charge on any atom is -0.475 e. The van der Waals surface area contributed by atoms with Crippen LogP contribution in [0.15, 0.2) is 34.9 Å². The first-order valence-corrected chi connectivity index (χ1v) is 7.68. The molecule has 3 nitrogen and oxygen atoms in total. The molecule has 2 rings (SSSR count). The summed E-state index contributed by atoms with van der Waals surface area (Å²) in [5.41, 5.74) is 2.52. The van der Waals surface area contributed by atoms with E-state index in [2.05, 4.69) is 6.92 Å². The molecule has 0 bridgehead atoms. The van der Waals surface area contributed by atoms with E-state index in [1.165, 1.54) is 18.6 Å². The topological polar surface area (TPSA) is 50.4 Å². The van der Waals surface area contributed by atoms with Gasteiger partial charge in [0.2, 0.25) is 5.76 Å². The van der Waals surface area contributed by atoms with Crippen molar-refractivity contribution in [2.45, 2.75) is 45.4 Å². The Morgan fingerprint density at radius 2 is 1.91 bits per heavy atom. The summed E-state index contributed by atoms with van der Waals surface area (Å²) in [6.45, 7) is 2.15. The first kappa shape index (κ1) is 16.3. The molecule has 0 saturated heterocycles. The number of carbonyl (C=O) groups is 1. The van der Waals surface area contributed by atoms with Crippen molar-refractivity contribution in [3.8, 4) is 0 Å². The molecule has 0 atom stereocenters. The summed E-state index contributed by atoms with van der Waals surface area (Å²) >= 11 is 0. The molecule has 1 N–H and O–H groups in total. The number of hydrogen-bond donors (Lipinski definition) is 1. The Morgan fingerprint density at radius 3 is 2.55 bits per heavy atom. The summed E-state index contributed by atoms with van der Waals surface area (Å²) in [7, 11) is 0. The van der Waals surface area contributed by atoms with Crippen LogP contribution in [0.3, 0.4) is 0 Å². The fourth-order valence-corrected chi connectivity index (χ4v) is 2.55. The standard InChI is InChI=1S/C18H21FO3/c1-2-3-4-5-6-14-12-22-17(18(20)21)16(14)11-13-7-9-15(19)10-8-13/h7-10,12H,2-6,11H2,1H3,(H,20,21). The first-order chi connectivity index (χ1) is 10.6. The lowest BCUT2D eigenvalue weighted by atomic mass is 9.98. The third-order valence-corrected chi connectivity index (χ3v) is 3.77. The van der Waals surface area contributed by atoms with E-state index in [1.54, 1.807) is 18.4 Å². The van der Waals surface area contributed by atoms with Crippen molar-refractivity contribution in [1.82, 2.24) is 0 Å². The van der Waals surface area contributed by atoms with Gasteiger partial charge in [-0.15, -0.1) is 0 Å². The molecule has 0 amide bonds. The summed E-state index contributed by atoms with van der Waals surface area (Å²) in [5.74, 6) is -1.36. The monoisotopic (exact) mass is 304 g/mol. The van der Waals surface area contributed by atoms with Gasteiger partial charge in [-0.25, -0.2) is 9.18 Å². The lowest BCUT2D eigenvalue weighted by Gasteiger charge is -2.05. The van der Waals surface area contributed by atoms with Crippen LogP contribution in [0, 0.1) is 5.82 Å². The molecule has 2 aromatic rings. The van der Waals surface area contributed by atoms with Crippen molar-refractivity contribution in [3.63, 3.8) is 0 Å². The van der Waals surface area contributed by atoms with Crippen molar-refractivity contribution >= 4 is 5.97 Å². The molecule has 0 spiro atoms. The lowest BCUT2D eigenvalue weighted by molar-refractivity contribution is 0.0661. The normalized spacial score (nSPS) is 10.8. The van der Waals surface area contributed by atoms with Gasteiger partial charge in [0.05, 0.1) is 6.26 Å². The third-order valence-electron chi connectivity index (χ3n) is 3.77. The van der Waals surface area contributed by atoms with Crippen LogP contribution in [0.4, 0.5) is 4.39 Å². The second kappa shape index (κ2) is 7.78. The second-order valence-electron chi connectivity index (χ2n) is 5.49. The summed E-state index contributed by atoms with van der Waals surface area (Å²) in [6, 6.07) is 6.12. The van der Waals surface area contributed by atoms with Gasteiger partial charge >= 0.3 is 5.97 Å². The Hall–Kier alpha value is -2.10. The molecule has 118 valence electrons. The van der Waals surface area contributed by atoms with Gasteiger partial charge in [-0.3, -0.25) is 0 Å². The van der Waals surface area contributed by atoms with Gasteiger partial charge in [0, 0.05) is 12.0 Å². The van der Waals surface area contributed by atoms with Crippen LogP contribution in [-0.2, 0) is 12.8 Å². The van der Waals surface area contributed by atoms with E-state index in [4.69, 9.17) is 4.42 Å². The fraction of sp³-hybridized carbons (Fsp3) is 0.389. The molecule has 0 aliphatic heterocycles. The zero-order valence-electron chi connectivity index (χ0n) is 12.8. The van der Waals surface area contributed by atoms with E-state index in [-0.39, 0.29) is 11.6 Å². The molecular formula is C18H21FO3. The highest BCUT2D eigenvalue weighted by molar-refractivity contribution is 5.86. The SMILES string of the molecule is CCCCCCc1coc(C(=O)O)c1Cc1ccc(F)cc1. The number of halogens is 1. The molecule has 0 unspecified atom stereocenters. The van der Waals surface area contributed by atoms with Crippen LogP contribution in [0.25, 0.3) is 0 Å². The quantitative estimate of drug-likeness (QED) is 0.711. The summed E-state index contributed by atoms with van der Waals surface area (Å²) in [6.07, 6.45) is 7.29. The van der Waals surface area contributed by atoms with E-state index in [0.717, 1.165) is 36.8 Å². The maximum atomic E-state index is 13.0. The van der Waals surface area contributed by atoms with Crippen LogP contribution in [-0.4, -0.2) is 11.1 Å². The Balaban J connectivity index is 2.16. The van der Waals surface area contributed by atoms with Crippen LogP contribution in [0.1, 0.15) is 59.9 Å². The van der Waals surface area contributed by atoms with E-state index in [0.29, 0.717) is 12.0 Å². The predicted molar refractivity (Wildman–Crippen MR) is 82.7 cm³/mol. The average Bonchev–Trinajstić information content (AvgIpc) is 2.89. The molecule has 0 saturated carbocycles. The number of carboxylic acid groups (broad SMARTS) is 1. The Labute approximate surface area is 129 Å². The first-order valence-electron chi connectivity index (χ1n) is 7.68. The Kier molecular flexibility index (Phi) is 5.75. The number of furan rings is 1. The maximum Gasteiger partial charge on any atom is 0.372 e. The molecule has 0 fully saturated rings. The Bertz CT molecular complexity index is 614. The van der Waals surface area contributed by atoms with Crippen LogP contribution >= 0.6 is 0 Å². The van der Waals surface area contributed by atoms with E-state index < -0.39 is 5.97 Å². The van der Waals surface area contributed by atoms with Crippen molar-refractivity contribution in [1.29, 1.82) is 0 Å². The third kappa shape index (κ3) is 4.20. The van der Waals surface area contributed by atoms with Gasteiger partial charge in [-0.2, -0.15) is 0 Å². The summed E-state index contributed by atoms with van der Waals surface area (Å²) in [5, 5.41) is 9.26. The van der Waals surface area contributed by atoms with Gasteiger partial charge in [-0.05, 0) is 36.1 Å². The molecule has 0 aliphatic rings. The molecule has 0 radical (unpaired) electrons. The molecular weight excluding hydrogens is 283 g/mol. The lowest BCUT2D eigenvalue weighted by Crippen LogP contribution is -2.02. The average molecular weight is 304 g/mol. The molecule has 1 aromatic carbocycles. The van der Waals surface area contributed by atoms with Crippen LogP contribution in [0.5, 0.6) is 0 Å². The minimum atomic E-state index is -1.06. The van der Waals surface area contributed by atoms with Crippen LogP contribution in [0.2, 0.25) is 0 Å². The summed E-state index contributed by atoms with van der Waals surface area (Å²) < 4.78 is 18.2. The molecule has 1 aromatic heterocycles. The van der Waals surface area contributed by atoms with Crippen molar-refractivity contribution in [3.05, 3.63) is 58.8 Å². The fourth-order valence-electron chi connectivity index (χ4n) is 2.55. The van der Waals surface area contributed by atoms with Gasteiger partial charge in [0.1, 0.15) is 5.82 Å². The zero-order valence-corrected chi connectivity index (χ0v) is 12.8.